The zero-order valence-corrected chi connectivity index (χ0v) is 21.6. The van der Waals surface area contributed by atoms with Crippen LogP contribution in [0.1, 0.15) is 43.2 Å². The van der Waals surface area contributed by atoms with Gasteiger partial charge in [0.2, 0.25) is 21.8 Å². The van der Waals surface area contributed by atoms with Gasteiger partial charge in [0.1, 0.15) is 11.7 Å². The molecular formula is C23H30ClN5O5S. The van der Waals surface area contributed by atoms with E-state index in [2.05, 4.69) is 25.7 Å². The molecule has 1 atom stereocenters. The lowest BCUT2D eigenvalue weighted by atomic mass is 10.1. The lowest BCUT2D eigenvalue weighted by Crippen LogP contribution is -2.51. The molecule has 1 aromatic heterocycles. The molecule has 3 amide bonds. The maximum absolute atomic E-state index is 12.8. The average molecular weight is 524 g/mol. The molecule has 0 unspecified atom stereocenters. The van der Waals surface area contributed by atoms with Crippen molar-refractivity contribution >= 4 is 39.3 Å². The Kier molecular flexibility index (Phi) is 9.75. The standard InChI is InChI=1S/C23H30ClN5O5S/c1-15-5-7-17(8-6-15)35(33,34)29-19(14-20(30)28-23(2,3)4)22(32)27-12-11-26-21(31)18-13-16(24)9-10-25-18/h5-10,13,19,29H,11-12,14H2,1-4H3,(H,26,31)(H,27,32)(H,28,30)/t19-/m0/s1. The van der Waals surface area contributed by atoms with Gasteiger partial charge in [-0.25, -0.2) is 8.42 Å². The predicted molar refractivity (Wildman–Crippen MR) is 132 cm³/mol. The maximum Gasteiger partial charge on any atom is 0.269 e. The molecule has 2 rings (SSSR count). The van der Waals surface area contributed by atoms with Crippen molar-refractivity contribution in [3.05, 3.63) is 58.9 Å². The van der Waals surface area contributed by atoms with Crippen molar-refractivity contribution < 1.29 is 22.8 Å². The highest BCUT2D eigenvalue weighted by molar-refractivity contribution is 7.89. The van der Waals surface area contributed by atoms with Gasteiger partial charge in [0, 0.05) is 29.8 Å². The van der Waals surface area contributed by atoms with Crippen LogP contribution < -0.4 is 20.7 Å². The summed E-state index contributed by atoms with van der Waals surface area (Å²) in [6.07, 6.45) is 0.986. The Morgan fingerprint density at radius 2 is 1.66 bits per heavy atom. The van der Waals surface area contributed by atoms with Gasteiger partial charge in [-0.1, -0.05) is 29.3 Å². The Morgan fingerprint density at radius 3 is 2.26 bits per heavy atom. The van der Waals surface area contributed by atoms with Crippen LogP contribution in [0.3, 0.4) is 0 Å². The number of aromatic nitrogens is 1. The number of pyridine rings is 1. The summed E-state index contributed by atoms with van der Waals surface area (Å²) in [5.74, 6) is -1.69. The molecule has 35 heavy (non-hydrogen) atoms. The lowest BCUT2D eigenvalue weighted by Gasteiger charge is -2.23. The molecule has 1 aromatic carbocycles. The molecule has 12 heteroatoms. The number of rotatable bonds is 10. The zero-order chi connectivity index (χ0) is 26.2. The number of benzene rings is 1. The van der Waals surface area contributed by atoms with E-state index < -0.39 is 45.7 Å². The fourth-order valence-corrected chi connectivity index (χ4v) is 4.27. The van der Waals surface area contributed by atoms with E-state index in [1.807, 2.05) is 6.92 Å². The van der Waals surface area contributed by atoms with Crippen molar-refractivity contribution in [2.24, 2.45) is 0 Å². The summed E-state index contributed by atoms with van der Waals surface area (Å²) in [6, 6.07) is 7.67. The van der Waals surface area contributed by atoms with Crippen LogP contribution in [0.25, 0.3) is 0 Å². The number of nitrogens with one attached hydrogen (secondary N) is 4. The summed E-state index contributed by atoms with van der Waals surface area (Å²) in [7, 11) is -4.08. The van der Waals surface area contributed by atoms with Crippen molar-refractivity contribution in [3.8, 4) is 0 Å². The van der Waals surface area contributed by atoms with Crippen LogP contribution in [-0.2, 0) is 19.6 Å². The topological polar surface area (TPSA) is 146 Å². The van der Waals surface area contributed by atoms with Crippen LogP contribution in [0, 0.1) is 6.92 Å². The molecule has 0 aliphatic rings. The minimum absolute atomic E-state index is 0.00517. The number of sulfonamides is 1. The van der Waals surface area contributed by atoms with Crippen LogP contribution in [0.2, 0.25) is 5.02 Å². The zero-order valence-electron chi connectivity index (χ0n) is 20.0. The first-order valence-corrected chi connectivity index (χ1v) is 12.7. The molecule has 0 saturated carbocycles. The van der Waals surface area contributed by atoms with Gasteiger partial charge in [-0.15, -0.1) is 0 Å². The second-order valence-corrected chi connectivity index (χ2v) is 11.0. The van der Waals surface area contributed by atoms with E-state index in [9.17, 15) is 22.8 Å². The number of halogens is 1. The number of carbonyl (C=O) groups is 3. The SMILES string of the molecule is Cc1ccc(S(=O)(=O)N[C@@H](CC(=O)NC(C)(C)C)C(=O)NCCNC(=O)c2cc(Cl)ccn2)cc1. The van der Waals surface area contributed by atoms with E-state index in [0.717, 1.165) is 5.56 Å². The van der Waals surface area contributed by atoms with Crippen molar-refractivity contribution in [1.29, 1.82) is 0 Å². The van der Waals surface area contributed by atoms with Crippen LogP contribution in [0.4, 0.5) is 0 Å². The van der Waals surface area contributed by atoms with E-state index in [4.69, 9.17) is 11.6 Å². The van der Waals surface area contributed by atoms with Crippen molar-refractivity contribution in [3.63, 3.8) is 0 Å². The molecule has 10 nitrogen and oxygen atoms in total. The lowest BCUT2D eigenvalue weighted by molar-refractivity contribution is -0.128. The molecule has 0 fully saturated rings. The molecule has 0 saturated heterocycles. The molecule has 0 spiro atoms. The summed E-state index contributed by atoms with van der Waals surface area (Å²) >= 11 is 5.85. The molecular weight excluding hydrogens is 494 g/mol. The molecule has 4 N–H and O–H groups in total. The van der Waals surface area contributed by atoms with Gasteiger partial charge >= 0.3 is 0 Å². The van der Waals surface area contributed by atoms with Gasteiger partial charge < -0.3 is 16.0 Å². The smallest absolute Gasteiger partial charge is 0.269 e. The molecule has 0 aliphatic carbocycles. The number of hydrogen-bond acceptors (Lipinski definition) is 6. The van der Waals surface area contributed by atoms with Gasteiger partial charge in [-0.3, -0.25) is 19.4 Å². The maximum atomic E-state index is 12.8. The Labute approximate surface area is 210 Å². The third-order valence-corrected chi connectivity index (χ3v) is 6.24. The van der Waals surface area contributed by atoms with E-state index >= 15 is 0 Å². The first kappa shape index (κ1) is 28.2. The summed E-state index contributed by atoms with van der Waals surface area (Å²) in [5.41, 5.74) is 0.427. The van der Waals surface area contributed by atoms with Crippen LogP contribution in [-0.4, -0.2) is 55.8 Å². The average Bonchev–Trinajstić information content (AvgIpc) is 2.74. The van der Waals surface area contributed by atoms with E-state index in [1.165, 1.54) is 30.5 Å². The van der Waals surface area contributed by atoms with E-state index in [1.54, 1.807) is 32.9 Å². The Bertz CT molecular complexity index is 1160. The molecule has 1 heterocycles. The van der Waals surface area contributed by atoms with Gasteiger partial charge in [0.25, 0.3) is 5.91 Å². The minimum Gasteiger partial charge on any atom is -0.353 e. The number of amides is 3. The highest BCUT2D eigenvalue weighted by atomic mass is 35.5. The number of aryl methyl sites for hydroxylation is 1. The van der Waals surface area contributed by atoms with Crippen LogP contribution in [0.5, 0.6) is 0 Å². The molecule has 2 aromatic rings. The third-order valence-electron chi connectivity index (χ3n) is 4.51. The highest BCUT2D eigenvalue weighted by Crippen LogP contribution is 2.12. The van der Waals surface area contributed by atoms with Crippen molar-refractivity contribution in [1.82, 2.24) is 25.7 Å². The molecule has 0 radical (unpaired) electrons. The van der Waals surface area contributed by atoms with Gasteiger partial charge in [-0.2, -0.15) is 4.72 Å². The van der Waals surface area contributed by atoms with Crippen molar-refractivity contribution in [2.45, 2.75) is 50.6 Å². The summed E-state index contributed by atoms with van der Waals surface area (Å²) in [5, 5.41) is 8.20. The van der Waals surface area contributed by atoms with Gasteiger partial charge in [0.15, 0.2) is 0 Å². The fraction of sp³-hybridized carbons (Fsp3) is 0.391. The highest BCUT2D eigenvalue weighted by Gasteiger charge is 2.29. The van der Waals surface area contributed by atoms with E-state index in [0.29, 0.717) is 5.02 Å². The summed E-state index contributed by atoms with van der Waals surface area (Å²) < 4.78 is 28.0. The Balaban J connectivity index is 2.04. The van der Waals surface area contributed by atoms with Gasteiger partial charge in [-0.05, 0) is 52.0 Å². The Morgan fingerprint density at radius 1 is 1.03 bits per heavy atom. The van der Waals surface area contributed by atoms with Crippen molar-refractivity contribution in [2.75, 3.05) is 13.1 Å². The minimum atomic E-state index is -4.08. The monoisotopic (exact) mass is 523 g/mol. The number of carbonyl (C=O) groups excluding carboxylic acids is 3. The summed E-state index contributed by atoms with van der Waals surface area (Å²) in [4.78, 5) is 41.3. The number of hydrogen-bond donors (Lipinski definition) is 4. The number of nitrogens with zero attached hydrogens (tertiary/aromatic N) is 1. The molecule has 0 aliphatic heterocycles. The van der Waals surface area contributed by atoms with Crippen LogP contribution in [0.15, 0.2) is 47.5 Å². The fourth-order valence-electron chi connectivity index (χ4n) is 2.92. The molecule has 190 valence electrons. The van der Waals surface area contributed by atoms with E-state index in [-0.39, 0.29) is 23.7 Å². The normalized spacial score (nSPS) is 12.5. The Hall–Kier alpha value is -3.02. The summed E-state index contributed by atoms with van der Waals surface area (Å²) in [6.45, 7) is 7.17. The predicted octanol–water partition coefficient (Wildman–Crippen LogP) is 1.54. The van der Waals surface area contributed by atoms with Gasteiger partial charge in [0.05, 0.1) is 11.3 Å². The third kappa shape index (κ3) is 9.63. The largest absolute Gasteiger partial charge is 0.353 e. The van der Waals surface area contributed by atoms with Crippen LogP contribution >= 0.6 is 11.6 Å². The quantitative estimate of drug-likeness (QED) is 0.347. The second-order valence-electron chi connectivity index (χ2n) is 8.90. The first-order valence-electron chi connectivity index (χ1n) is 10.8. The first-order chi connectivity index (χ1) is 16.3. The second kappa shape index (κ2) is 12.1. The molecule has 0 bridgehead atoms.